The van der Waals surface area contributed by atoms with Gasteiger partial charge in [-0.05, 0) is 146 Å². The third-order valence-electron chi connectivity index (χ3n) is 26.1. The summed E-state index contributed by atoms with van der Waals surface area (Å²) < 4.78 is 25.8. The van der Waals surface area contributed by atoms with Crippen molar-refractivity contribution < 1.29 is 87.9 Å². The van der Waals surface area contributed by atoms with Gasteiger partial charge in [0, 0.05) is 190 Å². The van der Waals surface area contributed by atoms with Gasteiger partial charge in [0.15, 0.2) is 0 Å². The number of amides is 2. The van der Waals surface area contributed by atoms with Crippen LogP contribution >= 0.6 is 14.7 Å². The van der Waals surface area contributed by atoms with Crippen molar-refractivity contribution in [3.63, 3.8) is 0 Å². The van der Waals surface area contributed by atoms with Crippen molar-refractivity contribution in [3.8, 4) is 0 Å². The number of aromatic nitrogens is 3. The predicted molar refractivity (Wildman–Crippen MR) is 562 cm³/mol. The highest BCUT2D eigenvalue weighted by Gasteiger charge is 2.44. The number of likely N-dealkylation sites (N-methyl/N-ethyl adjacent to an activating group) is 3. The lowest BCUT2D eigenvalue weighted by molar-refractivity contribution is -0.147. The quantitative estimate of drug-likeness (QED) is 0.0183. The van der Waals surface area contributed by atoms with Crippen molar-refractivity contribution in [3.05, 3.63) is 138 Å². The van der Waals surface area contributed by atoms with E-state index >= 15 is 0 Å². The molecule has 9 unspecified atom stereocenters. The normalized spacial score (nSPS) is 20.5. The average molecular weight is 2030 g/mol. The summed E-state index contributed by atoms with van der Waals surface area (Å²) in [4.78, 5) is 147. The van der Waals surface area contributed by atoms with Crippen LogP contribution in [-0.4, -0.2) is 376 Å². The Morgan fingerprint density at radius 2 is 0.958 bits per heavy atom. The maximum Gasteiger partial charge on any atom is 0.317 e. The number of benzene rings is 1. The number of rotatable bonds is 42. The van der Waals surface area contributed by atoms with Gasteiger partial charge in [-0.15, -0.1) is 0 Å². The van der Waals surface area contributed by atoms with E-state index < -0.39 is 61.8 Å². The van der Waals surface area contributed by atoms with Gasteiger partial charge in [-0.2, -0.15) is 0 Å². The maximum absolute atomic E-state index is 13.3. The van der Waals surface area contributed by atoms with Crippen LogP contribution in [0.5, 0.6) is 0 Å². The fourth-order valence-corrected chi connectivity index (χ4v) is 20.9. The molecule has 2 saturated carbocycles. The zero-order chi connectivity index (χ0) is 106. The number of carboxylic acid groups (broad SMARTS) is 6. The lowest BCUT2D eigenvalue weighted by Gasteiger charge is -2.48. The van der Waals surface area contributed by atoms with E-state index in [1.165, 1.54) is 4.90 Å². The van der Waals surface area contributed by atoms with Crippen LogP contribution in [-0.2, 0) is 78.7 Å². The SMILES string of the molecule is C=C(CNC(=O)CNC(=O)CCC)NCC(C)(C)C.CC(C)(C)c1ccc(CP(=O)(O)CN2CCNC(CC(=O)O)CN(CC(=O)O)CCN(CC(=O)O)CC2)cc1.CCN(CC(=O)O)C1CCC(C(C)(C)C)CC1N(CC(=O)O)CC(=O)O.CCN(Cc1ccccn1)C1CC(NCc2ccccn2)CC(N(Cc2ccccn2)CC(C)(C)C)C1.CCN1CCN(CC)CCN(CP(=O)(O)C(C)(C)C)CC1. The Morgan fingerprint density at radius 1 is 0.486 bits per heavy atom. The van der Waals surface area contributed by atoms with Crippen LogP contribution in [0.25, 0.3) is 0 Å². The summed E-state index contributed by atoms with van der Waals surface area (Å²) in [5.41, 5.74) is 6.41. The van der Waals surface area contributed by atoms with Crippen molar-refractivity contribution >= 4 is 62.4 Å². The summed E-state index contributed by atoms with van der Waals surface area (Å²) in [7, 11) is -6.79. The minimum atomic E-state index is -3.63. The van der Waals surface area contributed by atoms with Crippen molar-refractivity contribution in [2.24, 2.45) is 22.2 Å². The number of hydrogen-bond acceptors (Lipinski definition) is 26. The first-order chi connectivity index (χ1) is 66.4. The third-order valence-corrected chi connectivity index (χ3v) is 30.6. The van der Waals surface area contributed by atoms with E-state index in [2.05, 4.69) is 213 Å². The molecule has 38 heteroatoms. The first kappa shape index (κ1) is 126. The average Bonchev–Trinajstić information content (AvgIpc) is 0.805. The van der Waals surface area contributed by atoms with E-state index in [-0.39, 0.29) is 123 Å². The van der Waals surface area contributed by atoms with Crippen LogP contribution in [0, 0.1) is 22.2 Å². The molecule has 2 amide bonds. The van der Waals surface area contributed by atoms with Crippen molar-refractivity contribution in [2.75, 3.05) is 183 Å². The Balaban J connectivity index is 0.000000381. The standard InChI is InChI=1S/C31H44N6.C26H43N4O8P.C18H32N2O6.C15H34N3O2P.C14H27N3O2/c1-5-36(22-26-13-7-10-16-33-26)29-18-28(35-21-25-12-6-9-15-32-25)19-30(20-29)37(24-31(2,3)4)23-27-14-8-11-17-34-27;1-26(2,3)21-6-4-20(5-7-21)18-39(37,38)19-29-9-8-27-22(14-23(31)32)15-30(17-25(35)36)13-11-28(10-12-29)16-24(33)34;1-5-19(9-15(21)22)13-7-6-12(18(2,3)4)8-14(13)20(10-16(23)24)11-17(25)26;1-6-16-8-9-17(7-2)11-13-18(12-10-16)14-21(19,20)15(3,4)5;1-6-7-12(18)16-9-13(19)15-8-11(2)17-10-14(3,4)5/h6-17,28-30,35H,5,18-24H2,1-4H3;4-7,22,27H,8-19H2,1-3H3,(H,31,32)(H,33,34)(H,35,36)(H,37,38);12-14H,5-11H2,1-4H3,(H,21,22)(H,23,24)(H,25,26);6-14H2,1-5H3,(H,19,20);17H,2,6-10H2,1,3-5H3,(H,15,19)(H,16,18). The highest BCUT2D eigenvalue weighted by atomic mass is 31.2. The number of nitrogens with one attached hydrogen (secondary N) is 5. The highest BCUT2D eigenvalue weighted by molar-refractivity contribution is 7.59. The maximum atomic E-state index is 13.3. The topological polar surface area (TPSA) is 464 Å². The molecule has 3 aromatic heterocycles. The number of carboxylic acids is 6. The molecule has 1 aromatic carbocycles. The number of pyridine rings is 3. The molecule has 142 heavy (non-hydrogen) atoms. The van der Waals surface area contributed by atoms with Crippen LogP contribution < -0.4 is 26.6 Å². The van der Waals surface area contributed by atoms with Gasteiger partial charge in [-0.25, -0.2) is 0 Å². The molecule has 0 spiro atoms. The van der Waals surface area contributed by atoms with Crippen LogP contribution in [0.3, 0.4) is 0 Å². The second-order valence-corrected chi connectivity index (χ2v) is 49.1. The summed E-state index contributed by atoms with van der Waals surface area (Å²) in [5.74, 6) is -6.20. The van der Waals surface area contributed by atoms with Gasteiger partial charge in [0.25, 0.3) is 0 Å². The van der Waals surface area contributed by atoms with Crippen LogP contribution in [0.15, 0.2) is 110 Å². The third kappa shape index (κ3) is 52.8. The monoisotopic (exact) mass is 2030 g/mol. The molecule has 13 N–H and O–H groups in total. The zero-order valence-corrected chi connectivity index (χ0v) is 91.1. The molecule has 9 atom stereocenters. The molecule has 36 nitrogen and oxygen atoms in total. The lowest BCUT2D eigenvalue weighted by atomic mass is 9.69. The van der Waals surface area contributed by atoms with Gasteiger partial charge in [-0.1, -0.05) is 188 Å². The number of carbonyl (C=O) groups is 8. The molecule has 4 aliphatic rings. The van der Waals surface area contributed by atoms with Crippen LogP contribution in [0.1, 0.15) is 224 Å². The van der Waals surface area contributed by atoms with Gasteiger partial charge in [-0.3, -0.25) is 102 Å². The second kappa shape index (κ2) is 62.8. The van der Waals surface area contributed by atoms with E-state index in [1.807, 2.05) is 101 Å². The van der Waals surface area contributed by atoms with Crippen LogP contribution in [0.4, 0.5) is 0 Å². The summed E-state index contributed by atoms with van der Waals surface area (Å²) in [5, 5.41) is 70.6. The number of nitrogens with zero attached hydrogens (tertiary/aromatic N) is 13. The van der Waals surface area contributed by atoms with Gasteiger partial charge in [0.1, 0.15) is 0 Å². The lowest BCUT2D eigenvalue weighted by Crippen LogP contribution is -2.58. The molecule has 5 heterocycles. The molecule has 8 rings (SSSR count). The summed E-state index contributed by atoms with van der Waals surface area (Å²) in [6, 6.07) is 26.7. The first-order valence-electron chi connectivity index (χ1n) is 50.9. The molecule has 2 saturated heterocycles. The predicted octanol–water partition coefficient (Wildman–Crippen LogP) is 11.1. The largest absolute Gasteiger partial charge is 0.481 e. The Labute approximate surface area is 848 Å². The Hall–Kier alpha value is -8.13. The molecule has 4 fully saturated rings. The minimum Gasteiger partial charge on any atom is -0.481 e. The van der Waals surface area contributed by atoms with Crippen molar-refractivity contribution in [2.45, 2.75) is 269 Å². The fraction of sp³-hybridized carbons (Fsp3) is 0.702. The molecule has 804 valence electrons. The molecule has 0 bridgehead atoms. The van der Waals surface area contributed by atoms with E-state index in [4.69, 9.17) is 0 Å². The summed E-state index contributed by atoms with van der Waals surface area (Å²) in [6.45, 7) is 60.8. The molecule has 2 aliphatic carbocycles. The first-order valence-corrected chi connectivity index (χ1v) is 54.7. The smallest absolute Gasteiger partial charge is 0.317 e. The Bertz CT molecular complexity index is 4450. The molecule has 0 radical (unpaired) electrons. The number of aliphatic carboxylic acids is 6. The van der Waals surface area contributed by atoms with E-state index in [0.29, 0.717) is 82.4 Å². The van der Waals surface area contributed by atoms with Gasteiger partial charge in [0.2, 0.25) is 26.6 Å². The number of hydrogen-bond donors (Lipinski definition) is 13. The molecular weight excluding hydrogens is 1850 g/mol. The fourth-order valence-electron chi connectivity index (χ4n) is 17.9. The molecular formula is C104H180N18O18P2. The summed E-state index contributed by atoms with van der Waals surface area (Å²) >= 11 is 0. The van der Waals surface area contributed by atoms with E-state index in [9.17, 15) is 87.9 Å². The number of carbonyl (C=O) groups excluding carboxylic acids is 2. The van der Waals surface area contributed by atoms with E-state index in [0.717, 1.165) is 164 Å². The van der Waals surface area contributed by atoms with Gasteiger partial charge in [0.05, 0.1) is 88.0 Å². The summed E-state index contributed by atoms with van der Waals surface area (Å²) in [6.07, 6.45) is 12.7. The Morgan fingerprint density at radius 3 is 1.41 bits per heavy atom. The Kier molecular flexibility index (Phi) is 55.8. The van der Waals surface area contributed by atoms with E-state index in [1.54, 1.807) is 14.7 Å². The second-order valence-electron chi connectivity index (χ2n) is 43.8. The van der Waals surface area contributed by atoms with Gasteiger partial charge >= 0.3 is 35.8 Å². The van der Waals surface area contributed by atoms with Crippen molar-refractivity contribution in [1.29, 1.82) is 0 Å². The molecule has 2 aliphatic heterocycles. The van der Waals surface area contributed by atoms with Crippen molar-refractivity contribution in [1.82, 2.24) is 90.5 Å². The van der Waals surface area contributed by atoms with Crippen LogP contribution in [0.2, 0.25) is 0 Å². The zero-order valence-electron chi connectivity index (χ0n) is 89.3. The van der Waals surface area contributed by atoms with Gasteiger partial charge < -0.3 is 76.8 Å². The molecule has 4 aromatic rings. The minimum absolute atomic E-state index is 0.00593. The highest BCUT2D eigenvalue weighted by Crippen LogP contribution is 2.54.